The Balaban J connectivity index is 2.86. The predicted octanol–water partition coefficient (Wildman–Crippen LogP) is -2.04. The molecule has 0 bridgehead atoms. The van der Waals surface area contributed by atoms with E-state index in [1.165, 1.54) is 13.1 Å². The molecule has 0 aliphatic heterocycles. The van der Waals surface area contributed by atoms with Gasteiger partial charge in [0.2, 0.25) is 0 Å². The number of aryl methyl sites for hydroxylation is 1. The molecule has 1 heterocycles. The summed E-state index contributed by atoms with van der Waals surface area (Å²) in [5, 5.41) is 23.0. The molecule has 8 heteroatoms. The summed E-state index contributed by atoms with van der Waals surface area (Å²) in [6, 6.07) is 0.909. The molecule has 1 aromatic heterocycles. The maximum absolute atomic E-state index is 11.5. The van der Waals surface area contributed by atoms with E-state index in [4.69, 9.17) is 10.2 Å². The molecule has 17 heavy (non-hydrogen) atoms. The molecule has 1 aromatic rings. The van der Waals surface area contributed by atoms with Crippen LogP contribution in [0.4, 0.5) is 0 Å². The van der Waals surface area contributed by atoms with E-state index < -0.39 is 30.1 Å². The fraction of sp³-hybridized carbons (Fsp3) is 0.333. The van der Waals surface area contributed by atoms with Crippen LogP contribution in [0.15, 0.2) is 16.9 Å². The van der Waals surface area contributed by atoms with Crippen molar-refractivity contribution in [2.24, 2.45) is 7.05 Å². The Bertz CT molecular complexity index is 496. The van der Waals surface area contributed by atoms with Gasteiger partial charge in [-0.3, -0.25) is 9.59 Å². The molecule has 3 N–H and O–H groups in total. The molecular weight excluding hydrogens is 230 g/mol. The van der Waals surface area contributed by atoms with E-state index in [1.807, 2.05) is 0 Å². The van der Waals surface area contributed by atoms with E-state index in [9.17, 15) is 14.4 Å². The van der Waals surface area contributed by atoms with E-state index in [-0.39, 0.29) is 5.69 Å². The number of aliphatic hydroxyl groups is 1. The molecule has 0 radical (unpaired) electrons. The number of carbonyl (C=O) groups is 2. The first kappa shape index (κ1) is 12.8. The van der Waals surface area contributed by atoms with E-state index in [2.05, 4.69) is 10.4 Å². The van der Waals surface area contributed by atoms with Crippen molar-refractivity contribution in [2.45, 2.75) is 6.04 Å². The highest BCUT2D eigenvalue weighted by molar-refractivity contribution is 5.94. The fourth-order valence-corrected chi connectivity index (χ4v) is 1.04. The number of nitrogens with one attached hydrogen (secondary N) is 1. The van der Waals surface area contributed by atoms with E-state index in [1.54, 1.807) is 0 Å². The van der Waals surface area contributed by atoms with Crippen molar-refractivity contribution in [3.8, 4) is 0 Å². The largest absolute Gasteiger partial charge is 0.480 e. The summed E-state index contributed by atoms with van der Waals surface area (Å²) >= 11 is 0. The summed E-state index contributed by atoms with van der Waals surface area (Å²) in [6.07, 6.45) is 0. The van der Waals surface area contributed by atoms with Crippen LogP contribution in [0.5, 0.6) is 0 Å². The summed E-state index contributed by atoms with van der Waals surface area (Å²) < 4.78 is 0.948. The van der Waals surface area contributed by atoms with Crippen molar-refractivity contribution in [3.05, 3.63) is 28.2 Å². The first-order valence-electron chi connectivity index (χ1n) is 4.64. The monoisotopic (exact) mass is 241 g/mol. The molecule has 0 saturated heterocycles. The van der Waals surface area contributed by atoms with Gasteiger partial charge in [0.1, 0.15) is 5.69 Å². The zero-order valence-electron chi connectivity index (χ0n) is 8.95. The molecule has 1 rings (SSSR count). The molecule has 0 spiro atoms. The summed E-state index contributed by atoms with van der Waals surface area (Å²) in [5.74, 6) is -2.13. The second-order valence-corrected chi connectivity index (χ2v) is 3.23. The van der Waals surface area contributed by atoms with Gasteiger partial charge in [-0.05, 0) is 6.07 Å². The van der Waals surface area contributed by atoms with Crippen LogP contribution >= 0.6 is 0 Å². The lowest BCUT2D eigenvalue weighted by molar-refractivity contribution is -0.140. The number of aliphatic carboxylic acids is 1. The lowest BCUT2D eigenvalue weighted by Crippen LogP contribution is -2.44. The summed E-state index contributed by atoms with van der Waals surface area (Å²) in [4.78, 5) is 33.1. The van der Waals surface area contributed by atoms with Crippen LogP contribution in [-0.2, 0) is 11.8 Å². The third kappa shape index (κ3) is 3.11. The Morgan fingerprint density at radius 1 is 1.53 bits per heavy atom. The number of carbonyl (C=O) groups excluding carboxylic acids is 1. The van der Waals surface area contributed by atoms with Gasteiger partial charge in [0.25, 0.3) is 11.5 Å². The van der Waals surface area contributed by atoms with Gasteiger partial charge in [0, 0.05) is 13.1 Å². The fourth-order valence-electron chi connectivity index (χ4n) is 1.04. The van der Waals surface area contributed by atoms with Gasteiger partial charge in [-0.25, -0.2) is 9.48 Å². The minimum absolute atomic E-state index is 0.105. The van der Waals surface area contributed by atoms with E-state index in [0.29, 0.717) is 0 Å². The quantitative estimate of drug-likeness (QED) is 0.558. The molecule has 0 fully saturated rings. The van der Waals surface area contributed by atoms with Gasteiger partial charge in [-0.15, -0.1) is 0 Å². The minimum atomic E-state index is -1.40. The third-order valence-corrected chi connectivity index (χ3v) is 1.98. The smallest absolute Gasteiger partial charge is 0.328 e. The average molecular weight is 241 g/mol. The van der Waals surface area contributed by atoms with Crippen LogP contribution in [0.2, 0.25) is 0 Å². The third-order valence-electron chi connectivity index (χ3n) is 1.98. The number of nitrogens with zero attached hydrogens (tertiary/aromatic N) is 2. The summed E-state index contributed by atoms with van der Waals surface area (Å²) in [7, 11) is 1.36. The van der Waals surface area contributed by atoms with Gasteiger partial charge < -0.3 is 15.5 Å². The number of carboxylic acids is 1. The highest BCUT2D eigenvalue weighted by atomic mass is 16.4. The SMILES string of the molecule is Cn1nc(C(=O)N[C@@H](CO)C(=O)O)ccc1=O. The van der Waals surface area contributed by atoms with Crippen LogP contribution in [0, 0.1) is 0 Å². The van der Waals surface area contributed by atoms with Crippen molar-refractivity contribution >= 4 is 11.9 Å². The Labute approximate surface area is 95.5 Å². The van der Waals surface area contributed by atoms with Gasteiger partial charge in [-0.2, -0.15) is 5.10 Å². The number of amides is 1. The lowest BCUT2D eigenvalue weighted by atomic mass is 10.3. The normalized spacial score (nSPS) is 11.9. The molecule has 1 atom stereocenters. The Morgan fingerprint density at radius 2 is 2.18 bits per heavy atom. The molecule has 8 nitrogen and oxygen atoms in total. The van der Waals surface area contributed by atoms with Gasteiger partial charge in [0.15, 0.2) is 6.04 Å². The number of carboxylic acid groups (broad SMARTS) is 1. The average Bonchev–Trinajstić information content (AvgIpc) is 2.28. The van der Waals surface area contributed by atoms with E-state index >= 15 is 0 Å². The topological polar surface area (TPSA) is 122 Å². The summed E-state index contributed by atoms with van der Waals surface area (Å²) in [6.45, 7) is -0.729. The Hall–Kier alpha value is -2.22. The number of aliphatic hydroxyl groups excluding tert-OH is 1. The highest BCUT2D eigenvalue weighted by Crippen LogP contribution is 1.92. The Kier molecular flexibility index (Phi) is 3.94. The molecule has 0 unspecified atom stereocenters. The van der Waals surface area contributed by atoms with Crippen molar-refractivity contribution < 1.29 is 19.8 Å². The van der Waals surface area contributed by atoms with E-state index in [0.717, 1.165) is 10.7 Å². The number of hydrogen-bond donors (Lipinski definition) is 3. The van der Waals surface area contributed by atoms with Gasteiger partial charge in [0.05, 0.1) is 6.61 Å². The second-order valence-electron chi connectivity index (χ2n) is 3.23. The Morgan fingerprint density at radius 3 is 2.65 bits per heavy atom. The van der Waals surface area contributed by atoms with Crippen molar-refractivity contribution in [3.63, 3.8) is 0 Å². The molecule has 0 aliphatic rings. The molecule has 0 aromatic carbocycles. The second kappa shape index (κ2) is 5.21. The van der Waals surface area contributed by atoms with Crippen molar-refractivity contribution in [1.82, 2.24) is 15.1 Å². The molecular formula is C9H11N3O5. The number of rotatable bonds is 4. The maximum atomic E-state index is 11.5. The standard InChI is InChI=1S/C9H11N3O5/c1-12-7(14)3-2-5(11-12)8(15)10-6(4-13)9(16)17/h2-3,6,13H,4H2,1H3,(H,10,15)(H,16,17)/t6-/m0/s1. The zero-order chi connectivity index (χ0) is 13.0. The van der Waals surface area contributed by atoms with Crippen LogP contribution in [0.25, 0.3) is 0 Å². The number of aromatic nitrogens is 2. The van der Waals surface area contributed by atoms with Crippen LogP contribution in [-0.4, -0.2) is 44.5 Å². The minimum Gasteiger partial charge on any atom is -0.480 e. The van der Waals surface area contributed by atoms with Gasteiger partial charge in [-0.1, -0.05) is 0 Å². The summed E-state index contributed by atoms with van der Waals surface area (Å²) in [5.41, 5.74) is -0.495. The van der Waals surface area contributed by atoms with Crippen LogP contribution in [0.1, 0.15) is 10.5 Å². The first-order valence-corrected chi connectivity index (χ1v) is 4.64. The molecule has 92 valence electrons. The van der Waals surface area contributed by atoms with Gasteiger partial charge >= 0.3 is 5.97 Å². The zero-order valence-corrected chi connectivity index (χ0v) is 8.95. The maximum Gasteiger partial charge on any atom is 0.328 e. The van der Waals surface area contributed by atoms with Crippen molar-refractivity contribution in [2.75, 3.05) is 6.61 Å². The highest BCUT2D eigenvalue weighted by Gasteiger charge is 2.20. The predicted molar refractivity (Wildman–Crippen MR) is 55.5 cm³/mol. The molecule has 0 saturated carbocycles. The van der Waals surface area contributed by atoms with Crippen LogP contribution in [0.3, 0.4) is 0 Å². The lowest BCUT2D eigenvalue weighted by Gasteiger charge is -2.11. The number of hydrogen-bond acceptors (Lipinski definition) is 5. The van der Waals surface area contributed by atoms with Crippen LogP contribution < -0.4 is 10.9 Å². The molecule has 0 aliphatic carbocycles. The first-order chi connectivity index (χ1) is 7.95. The van der Waals surface area contributed by atoms with Crippen molar-refractivity contribution in [1.29, 1.82) is 0 Å². The molecule has 1 amide bonds.